The minimum Gasteiger partial charge on any atom is -0.482 e. The lowest BCUT2D eigenvalue weighted by Gasteiger charge is -2.17. The molecule has 0 spiro atoms. The monoisotopic (exact) mass is 389 g/mol. The highest BCUT2D eigenvalue weighted by Gasteiger charge is 2.14. The Morgan fingerprint density at radius 3 is 2.41 bits per heavy atom. The summed E-state index contributed by atoms with van der Waals surface area (Å²) >= 11 is 5.94. The van der Waals surface area contributed by atoms with Gasteiger partial charge in [0.15, 0.2) is 13.2 Å². The minimum atomic E-state index is -0.610. The molecule has 5 nitrogen and oxygen atoms in total. The summed E-state index contributed by atoms with van der Waals surface area (Å²) in [4.78, 5) is 23.9. The van der Waals surface area contributed by atoms with Crippen LogP contribution in [-0.4, -0.2) is 25.1 Å². The molecule has 0 fully saturated rings. The van der Waals surface area contributed by atoms with E-state index in [1.807, 2.05) is 45.0 Å². The molecule has 27 heavy (non-hydrogen) atoms. The van der Waals surface area contributed by atoms with Crippen LogP contribution in [0.5, 0.6) is 5.75 Å². The van der Waals surface area contributed by atoms with Crippen molar-refractivity contribution in [2.75, 3.05) is 13.2 Å². The fraction of sp³-hybridized carbons (Fsp3) is 0.333. The second-order valence-electron chi connectivity index (χ2n) is 6.30. The lowest BCUT2D eigenvalue weighted by Crippen LogP contribution is -2.32. The second-order valence-corrected chi connectivity index (χ2v) is 6.71. The van der Waals surface area contributed by atoms with Gasteiger partial charge in [-0.3, -0.25) is 4.79 Å². The molecule has 0 radical (unpaired) electrons. The summed E-state index contributed by atoms with van der Waals surface area (Å²) in [5, 5.41) is 3.50. The van der Waals surface area contributed by atoms with Crippen LogP contribution >= 0.6 is 11.6 Å². The number of rotatable bonds is 8. The molecule has 0 saturated carbocycles. The van der Waals surface area contributed by atoms with Gasteiger partial charge in [0.2, 0.25) is 0 Å². The van der Waals surface area contributed by atoms with Gasteiger partial charge in [0, 0.05) is 5.02 Å². The topological polar surface area (TPSA) is 64.6 Å². The van der Waals surface area contributed by atoms with E-state index in [0.29, 0.717) is 10.8 Å². The third kappa shape index (κ3) is 6.61. The molecule has 0 aliphatic heterocycles. The maximum atomic E-state index is 12.1. The van der Waals surface area contributed by atoms with Crippen LogP contribution in [0.1, 0.15) is 36.1 Å². The number of hydrogen-bond acceptors (Lipinski definition) is 4. The Kier molecular flexibility index (Phi) is 7.67. The molecule has 0 aliphatic rings. The lowest BCUT2D eigenvalue weighted by atomic mass is 10.0. The molecular formula is C21H24ClNO4. The van der Waals surface area contributed by atoms with Gasteiger partial charge in [-0.1, -0.05) is 48.4 Å². The van der Waals surface area contributed by atoms with E-state index in [-0.39, 0.29) is 25.2 Å². The van der Waals surface area contributed by atoms with E-state index in [2.05, 4.69) is 5.32 Å². The number of amides is 1. The van der Waals surface area contributed by atoms with Crippen LogP contribution in [0.2, 0.25) is 5.02 Å². The molecule has 0 heterocycles. The van der Waals surface area contributed by atoms with Crippen LogP contribution in [0, 0.1) is 13.8 Å². The van der Waals surface area contributed by atoms with Gasteiger partial charge in [-0.25, -0.2) is 4.79 Å². The van der Waals surface area contributed by atoms with E-state index >= 15 is 0 Å². The Hall–Kier alpha value is -2.53. The van der Waals surface area contributed by atoms with Crippen molar-refractivity contribution in [3.63, 3.8) is 0 Å². The van der Waals surface area contributed by atoms with Crippen LogP contribution < -0.4 is 10.1 Å². The Bertz CT molecular complexity index is 789. The van der Waals surface area contributed by atoms with E-state index in [4.69, 9.17) is 21.1 Å². The van der Waals surface area contributed by atoms with Crippen LogP contribution in [0.4, 0.5) is 0 Å². The number of aryl methyl sites for hydroxylation is 2. The first-order valence-electron chi connectivity index (χ1n) is 8.79. The smallest absolute Gasteiger partial charge is 0.344 e. The predicted molar refractivity (Wildman–Crippen MR) is 105 cm³/mol. The average molecular weight is 390 g/mol. The molecule has 1 N–H and O–H groups in total. The first-order chi connectivity index (χ1) is 12.9. The minimum absolute atomic E-state index is 0.120. The van der Waals surface area contributed by atoms with Crippen LogP contribution in [0.15, 0.2) is 42.5 Å². The van der Waals surface area contributed by atoms with Crippen molar-refractivity contribution in [1.29, 1.82) is 0 Å². The molecule has 2 rings (SSSR count). The number of carbonyl (C=O) groups excluding carboxylic acids is 2. The summed E-state index contributed by atoms with van der Waals surface area (Å²) in [6, 6.07) is 12.9. The van der Waals surface area contributed by atoms with Crippen molar-refractivity contribution in [3.05, 3.63) is 64.2 Å². The summed E-state index contributed by atoms with van der Waals surface area (Å²) in [6.07, 6.45) is 0.738. The Morgan fingerprint density at radius 1 is 1.07 bits per heavy atom. The number of ether oxygens (including phenoxy) is 2. The Balaban J connectivity index is 1.77. The van der Waals surface area contributed by atoms with Gasteiger partial charge < -0.3 is 14.8 Å². The maximum Gasteiger partial charge on any atom is 0.344 e. The SMILES string of the molecule is CC[C@@H](NC(=O)COC(=O)COc1ccc(Cl)c(C)c1)c1ccc(C)cc1. The largest absolute Gasteiger partial charge is 0.482 e. The van der Waals surface area contributed by atoms with Gasteiger partial charge in [-0.05, 0) is 49.6 Å². The van der Waals surface area contributed by atoms with Crippen LogP contribution in [0.3, 0.4) is 0 Å². The third-order valence-corrected chi connectivity index (χ3v) is 4.50. The van der Waals surface area contributed by atoms with Crippen molar-refractivity contribution in [2.45, 2.75) is 33.2 Å². The van der Waals surface area contributed by atoms with E-state index in [1.54, 1.807) is 18.2 Å². The summed E-state index contributed by atoms with van der Waals surface area (Å²) in [7, 11) is 0. The molecule has 1 atom stereocenters. The van der Waals surface area contributed by atoms with E-state index in [1.165, 1.54) is 0 Å². The molecule has 6 heteroatoms. The summed E-state index contributed by atoms with van der Waals surface area (Å²) in [5.41, 5.74) is 3.03. The van der Waals surface area contributed by atoms with E-state index in [9.17, 15) is 9.59 Å². The zero-order valence-electron chi connectivity index (χ0n) is 15.8. The third-order valence-electron chi connectivity index (χ3n) is 4.07. The molecular weight excluding hydrogens is 366 g/mol. The van der Waals surface area contributed by atoms with Crippen molar-refractivity contribution in [1.82, 2.24) is 5.32 Å². The van der Waals surface area contributed by atoms with E-state index in [0.717, 1.165) is 23.1 Å². The quantitative estimate of drug-likeness (QED) is 0.689. The van der Waals surface area contributed by atoms with Crippen molar-refractivity contribution < 1.29 is 19.1 Å². The van der Waals surface area contributed by atoms with Gasteiger partial charge in [0.25, 0.3) is 5.91 Å². The molecule has 0 aromatic heterocycles. The zero-order chi connectivity index (χ0) is 19.8. The molecule has 1 amide bonds. The first kappa shape index (κ1) is 20.8. The number of hydrogen-bond donors (Lipinski definition) is 1. The molecule has 2 aromatic rings. The molecule has 2 aromatic carbocycles. The highest BCUT2D eigenvalue weighted by atomic mass is 35.5. The molecule has 144 valence electrons. The number of nitrogens with one attached hydrogen (secondary N) is 1. The van der Waals surface area contributed by atoms with Gasteiger partial charge >= 0.3 is 5.97 Å². The molecule has 0 saturated heterocycles. The predicted octanol–water partition coefficient (Wildman–Crippen LogP) is 4.15. The number of benzene rings is 2. The highest BCUT2D eigenvalue weighted by molar-refractivity contribution is 6.31. The van der Waals surface area contributed by atoms with Gasteiger partial charge in [-0.15, -0.1) is 0 Å². The van der Waals surface area contributed by atoms with Gasteiger partial charge in [0.1, 0.15) is 5.75 Å². The lowest BCUT2D eigenvalue weighted by molar-refractivity contribution is -0.150. The standard InChI is InChI=1S/C21H24ClNO4/c1-4-19(16-7-5-14(2)6-8-16)23-20(24)12-27-21(25)13-26-17-9-10-18(22)15(3)11-17/h5-11,19H,4,12-13H2,1-3H3,(H,23,24)/t19-/m1/s1. The first-order valence-corrected chi connectivity index (χ1v) is 9.17. The molecule has 0 unspecified atom stereocenters. The normalized spacial score (nSPS) is 11.6. The van der Waals surface area contributed by atoms with E-state index < -0.39 is 5.97 Å². The Morgan fingerprint density at radius 2 is 1.78 bits per heavy atom. The van der Waals surface area contributed by atoms with Crippen LogP contribution in [-0.2, 0) is 14.3 Å². The van der Waals surface area contributed by atoms with Crippen molar-refractivity contribution in [2.24, 2.45) is 0 Å². The summed E-state index contributed by atoms with van der Waals surface area (Å²) < 4.78 is 10.3. The number of esters is 1. The van der Waals surface area contributed by atoms with Gasteiger partial charge in [0.05, 0.1) is 6.04 Å². The van der Waals surface area contributed by atoms with Crippen molar-refractivity contribution >= 4 is 23.5 Å². The fourth-order valence-electron chi connectivity index (χ4n) is 2.49. The van der Waals surface area contributed by atoms with Crippen LogP contribution in [0.25, 0.3) is 0 Å². The second kappa shape index (κ2) is 9.97. The maximum absolute atomic E-state index is 12.1. The number of halogens is 1. The highest BCUT2D eigenvalue weighted by Crippen LogP contribution is 2.21. The zero-order valence-corrected chi connectivity index (χ0v) is 16.5. The van der Waals surface area contributed by atoms with Gasteiger partial charge in [-0.2, -0.15) is 0 Å². The Labute approximate surface area is 164 Å². The fourth-order valence-corrected chi connectivity index (χ4v) is 2.61. The average Bonchev–Trinajstić information content (AvgIpc) is 2.66. The number of carbonyl (C=O) groups is 2. The summed E-state index contributed by atoms with van der Waals surface area (Å²) in [5.74, 6) is -0.442. The van der Waals surface area contributed by atoms with Crippen molar-refractivity contribution in [3.8, 4) is 5.75 Å². The summed E-state index contributed by atoms with van der Waals surface area (Å²) in [6.45, 7) is 5.22. The molecule has 0 bridgehead atoms. The molecule has 0 aliphatic carbocycles.